The molecule has 124 valence electrons. The van der Waals surface area contributed by atoms with E-state index in [1.807, 2.05) is 0 Å². The molecule has 2 aromatic heterocycles. The number of amides is 1. The second kappa shape index (κ2) is 6.80. The fraction of sp³-hybridized carbons (Fsp3) is 0.222. The Bertz CT molecular complexity index is 849. The molecule has 3 aromatic rings. The summed E-state index contributed by atoms with van der Waals surface area (Å²) in [4.78, 5) is 16.6. The normalized spacial score (nSPS) is 13.6. The first kappa shape index (κ1) is 16.1. The Morgan fingerprint density at radius 2 is 2.21 bits per heavy atom. The Kier molecular flexibility index (Phi) is 4.57. The maximum absolute atomic E-state index is 13.7. The molecular formula is C18H17FN2O3. The molecule has 0 saturated heterocycles. The number of furan rings is 1. The molecule has 0 saturated carbocycles. The number of halogens is 1. The number of nitrogens with one attached hydrogen (secondary N) is 1. The predicted octanol–water partition coefficient (Wildman–Crippen LogP) is 3.21. The molecule has 6 heteroatoms. The minimum atomic E-state index is -0.822. The van der Waals surface area contributed by atoms with Crippen molar-refractivity contribution in [2.75, 3.05) is 0 Å². The first-order valence-electron chi connectivity index (χ1n) is 7.61. The van der Waals surface area contributed by atoms with Crippen molar-refractivity contribution in [3.05, 3.63) is 66.0 Å². The SMILES string of the molecule is CC(CC(O)c1ccco1)NC(=O)c1cc(F)cc2cccnc12. The van der Waals surface area contributed by atoms with Crippen LogP contribution in [0.15, 0.2) is 53.3 Å². The summed E-state index contributed by atoms with van der Waals surface area (Å²) >= 11 is 0. The number of carbonyl (C=O) groups excluding carboxylic acids is 1. The molecule has 1 amide bonds. The summed E-state index contributed by atoms with van der Waals surface area (Å²) in [6.07, 6.45) is 2.49. The topological polar surface area (TPSA) is 75.4 Å². The van der Waals surface area contributed by atoms with Gasteiger partial charge in [0.1, 0.15) is 17.7 Å². The summed E-state index contributed by atoms with van der Waals surface area (Å²) in [5, 5.41) is 13.4. The van der Waals surface area contributed by atoms with Crippen molar-refractivity contribution in [3.8, 4) is 0 Å². The van der Waals surface area contributed by atoms with Gasteiger partial charge in [-0.3, -0.25) is 9.78 Å². The molecule has 5 nitrogen and oxygen atoms in total. The van der Waals surface area contributed by atoms with Gasteiger partial charge >= 0.3 is 0 Å². The number of hydrogen-bond donors (Lipinski definition) is 2. The van der Waals surface area contributed by atoms with Gasteiger partial charge in [-0.2, -0.15) is 0 Å². The van der Waals surface area contributed by atoms with Gasteiger partial charge < -0.3 is 14.8 Å². The van der Waals surface area contributed by atoms with Crippen molar-refractivity contribution in [1.82, 2.24) is 10.3 Å². The molecule has 2 unspecified atom stereocenters. The van der Waals surface area contributed by atoms with Gasteiger partial charge in [0.2, 0.25) is 0 Å². The highest BCUT2D eigenvalue weighted by atomic mass is 19.1. The van der Waals surface area contributed by atoms with E-state index in [1.165, 1.54) is 18.4 Å². The second-order valence-corrected chi connectivity index (χ2v) is 5.67. The third kappa shape index (κ3) is 3.44. The maximum Gasteiger partial charge on any atom is 0.253 e. The van der Waals surface area contributed by atoms with E-state index in [1.54, 1.807) is 37.4 Å². The zero-order valence-electron chi connectivity index (χ0n) is 13.1. The molecule has 24 heavy (non-hydrogen) atoms. The van der Waals surface area contributed by atoms with Gasteiger partial charge in [-0.25, -0.2) is 4.39 Å². The third-order valence-corrected chi connectivity index (χ3v) is 3.74. The molecule has 0 spiro atoms. The van der Waals surface area contributed by atoms with Crippen LogP contribution in [-0.2, 0) is 0 Å². The number of carbonyl (C=O) groups is 1. The van der Waals surface area contributed by atoms with Crippen LogP contribution < -0.4 is 5.32 Å². The first-order valence-corrected chi connectivity index (χ1v) is 7.61. The third-order valence-electron chi connectivity index (χ3n) is 3.74. The monoisotopic (exact) mass is 328 g/mol. The average Bonchev–Trinajstić information content (AvgIpc) is 3.08. The van der Waals surface area contributed by atoms with Gasteiger partial charge in [0.25, 0.3) is 5.91 Å². The van der Waals surface area contributed by atoms with Gasteiger partial charge in [0.05, 0.1) is 17.3 Å². The van der Waals surface area contributed by atoms with Gasteiger partial charge in [0.15, 0.2) is 0 Å². The smallest absolute Gasteiger partial charge is 0.253 e. The lowest BCUT2D eigenvalue weighted by Crippen LogP contribution is -2.34. The number of fused-ring (bicyclic) bond motifs is 1. The van der Waals surface area contributed by atoms with Crippen LogP contribution in [-0.4, -0.2) is 22.0 Å². The standard InChI is InChI=1S/C18H17FN2O3/c1-11(8-15(22)16-5-3-7-24-16)21-18(23)14-10-13(19)9-12-4-2-6-20-17(12)14/h2-7,9-11,15,22H,8H2,1H3,(H,21,23). The fourth-order valence-corrected chi connectivity index (χ4v) is 2.62. The van der Waals surface area contributed by atoms with Crippen LogP contribution in [0.4, 0.5) is 4.39 Å². The predicted molar refractivity (Wildman–Crippen MR) is 86.9 cm³/mol. The Morgan fingerprint density at radius 3 is 2.96 bits per heavy atom. The first-order chi connectivity index (χ1) is 11.5. The average molecular weight is 328 g/mol. The molecular weight excluding hydrogens is 311 g/mol. The lowest BCUT2D eigenvalue weighted by Gasteiger charge is -2.17. The molecule has 2 N–H and O–H groups in total. The Labute approximate surface area is 138 Å². The number of aliphatic hydroxyl groups is 1. The molecule has 0 aliphatic heterocycles. The van der Waals surface area contributed by atoms with Crippen LogP contribution in [0.5, 0.6) is 0 Å². The Hall–Kier alpha value is -2.73. The largest absolute Gasteiger partial charge is 0.467 e. The number of nitrogens with zero attached hydrogens (tertiary/aromatic N) is 1. The van der Waals surface area contributed by atoms with Gasteiger partial charge in [-0.05, 0) is 37.3 Å². The molecule has 1 aromatic carbocycles. The highest BCUT2D eigenvalue weighted by Crippen LogP contribution is 2.21. The summed E-state index contributed by atoms with van der Waals surface area (Å²) in [6.45, 7) is 1.76. The molecule has 3 rings (SSSR count). The van der Waals surface area contributed by atoms with E-state index >= 15 is 0 Å². The second-order valence-electron chi connectivity index (χ2n) is 5.67. The lowest BCUT2D eigenvalue weighted by atomic mass is 10.1. The van der Waals surface area contributed by atoms with E-state index in [2.05, 4.69) is 10.3 Å². The summed E-state index contributed by atoms with van der Waals surface area (Å²) in [5.41, 5.74) is 0.611. The maximum atomic E-state index is 13.7. The molecule has 2 atom stereocenters. The zero-order valence-corrected chi connectivity index (χ0v) is 13.1. The van der Waals surface area contributed by atoms with Crippen molar-refractivity contribution in [3.63, 3.8) is 0 Å². The molecule has 0 fully saturated rings. The van der Waals surface area contributed by atoms with Gasteiger partial charge in [0, 0.05) is 24.0 Å². The van der Waals surface area contributed by atoms with Crippen LogP contribution in [0.1, 0.15) is 35.6 Å². The van der Waals surface area contributed by atoms with Gasteiger partial charge in [-0.1, -0.05) is 6.07 Å². The minimum absolute atomic E-state index is 0.171. The number of aromatic nitrogens is 1. The van der Waals surface area contributed by atoms with E-state index in [-0.39, 0.29) is 18.0 Å². The zero-order chi connectivity index (χ0) is 17.1. The van der Waals surface area contributed by atoms with Crippen molar-refractivity contribution < 1.29 is 18.7 Å². The van der Waals surface area contributed by atoms with Crippen molar-refractivity contribution in [2.45, 2.75) is 25.5 Å². The molecule has 0 radical (unpaired) electrons. The fourth-order valence-electron chi connectivity index (χ4n) is 2.62. The van der Waals surface area contributed by atoms with Crippen LogP contribution in [0.2, 0.25) is 0 Å². The van der Waals surface area contributed by atoms with Crippen LogP contribution in [0.3, 0.4) is 0 Å². The summed E-state index contributed by atoms with van der Waals surface area (Å²) < 4.78 is 18.9. The van der Waals surface area contributed by atoms with Crippen molar-refractivity contribution >= 4 is 16.8 Å². The molecule has 0 bridgehead atoms. The number of benzene rings is 1. The molecule has 0 aliphatic rings. The summed E-state index contributed by atoms with van der Waals surface area (Å²) in [7, 11) is 0. The summed E-state index contributed by atoms with van der Waals surface area (Å²) in [6, 6.07) is 8.91. The Morgan fingerprint density at radius 1 is 1.38 bits per heavy atom. The van der Waals surface area contributed by atoms with Gasteiger partial charge in [-0.15, -0.1) is 0 Å². The van der Waals surface area contributed by atoms with Crippen LogP contribution in [0, 0.1) is 5.82 Å². The highest BCUT2D eigenvalue weighted by molar-refractivity contribution is 6.05. The number of rotatable bonds is 5. The van der Waals surface area contributed by atoms with Crippen LogP contribution in [0.25, 0.3) is 10.9 Å². The van der Waals surface area contributed by atoms with E-state index in [9.17, 15) is 14.3 Å². The lowest BCUT2D eigenvalue weighted by molar-refractivity contribution is 0.0904. The number of pyridine rings is 1. The van der Waals surface area contributed by atoms with Crippen molar-refractivity contribution in [1.29, 1.82) is 0 Å². The van der Waals surface area contributed by atoms with Crippen LogP contribution >= 0.6 is 0 Å². The molecule has 0 aliphatic carbocycles. The summed E-state index contributed by atoms with van der Waals surface area (Å²) in [5.74, 6) is -0.491. The quantitative estimate of drug-likeness (QED) is 0.754. The number of hydrogen-bond acceptors (Lipinski definition) is 4. The van der Waals surface area contributed by atoms with E-state index in [0.717, 1.165) is 0 Å². The van der Waals surface area contributed by atoms with E-state index in [0.29, 0.717) is 16.7 Å². The van der Waals surface area contributed by atoms with E-state index in [4.69, 9.17) is 4.42 Å². The minimum Gasteiger partial charge on any atom is -0.467 e. The van der Waals surface area contributed by atoms with E-state index < -0.39 is 17.8 Å². The molecule has 2 heterocycles. The van der Waals surface area contributed by atoms with Crippen molar-refractivity contribution in [2.24, 2.45) is 0 Å². The highest BCUT2D eigenvalue weighted by Gasteiger charge is 2.19. The Balaban J connectivity index is 1.75. The number of aliphatic hydroxyl groups excluding tert-OH is 1.